The van der Waals surface area contributed by atoms with Gasteiger partial charge < -0.3 is 16.0 Å². The Morgan fingerprint density at radius 3 is 2.80 bits per heavy atom. The molecule has 4 nitrogen and oxygen atoms in total. The third-order valence-electron chi connectivity index (χ3n) is 3.83. The highest BCUT2D eigenvalue weighted by Gasteiger charge is 2.20. The van der Waals surface area contributed by atoms with E-state index in [1.807, 2.05) is 23.1 Å². The molecule has 110 valence electrons. The molecule has 1 aromatic rings. The lowest BCUT2D eigenvalue weighted by molar-refractivity contribution is -0.131. The number of nitrogens with two attached hydrogens (primary N) is 1. The fourth-order valence-corrected chi connectivity index (χ4v) is 2.69. The van der Waals surface area contributed by atoms with E-state index in [1.165, 1.54) is 12.0 Å². The van der Waals surface area contributed by atoms with E-state index < -0.39 is 0 Å². The van der Waals surface area contributed by atoms with Gasteiger partial charge in [0.15, 0.2) is 0 Å². The van der Waals surface area contributed by atoms with Crippen molar-refractivity contribution in [3.05, 3.63) is 35.9 Å². The second-order valence-corrected chi connectivity index (χ2v) is 5.41. The van der Waals surface area contributed by atoms with Crippen molar-refractivity contribution in [1.29, 1.82) is 0 Å². The second kappa shape index (κ2) is 8.02. The summed E-state index contributed by atoms with van der Waals surface area (Å²) in [6.07, 6.45) is 3.73. The molecule has 2 rings (SSSR count). The van der Waals surface area contributed by atoms with Crippen LogP contribution in [-0.2, 0) is 11.2 Å². The lowest BCUT2D eigenvalue weighted by atomic mass is 10.1. The van der Waals surface area contributed by atoms with Gasteiger partial charge in [-0.3, -0.25) is 4.79 Å². The molecule has 0 radical (unpaired) electrons. The molecule has 1 fully saturated rings. The summed E-state index contributed by atoms with van der Waals surface area (Å²) in [4.78, 5) is 14.1. The Morgan fingerprint density at radius 1 is 1.35 bits per heavy atom. The normalized spacial score (nSPS) is 18.1. The highest BCUT2D eigenvalue weighted by atomic mass is 16.2. The Labute approximate surface area is 121 Å². The van der Waals surface area contributed by atoms with E-state index in [4.69, 9.17) is 5.73 Å². The van der Waals surface area contributed by atoms with Crippen molar-refractivity contribution < 1.29 is 4.79 Å². The van der Waals surface area contributed by atoms with Gasteiger partial charge in [0.1, 0.15) is 0 Å². The van der Waals surface area contributed by atoms with E-state index in [-0.39, 0.29) is 5.91 Å². The zero-order chi connectivity index (χ0) is 14.2. The SMILES string of the molecule is NCCC(=O)N(CCc1ccccc1)C[C@@H]1CCCN1. The first-order valence-electron chi connectivity index (χ1n) is 7.54. The Balaban J connectivity index is 1.89. The average Bonchev–Trinajstić information content (AvgIpc) is 2.97. The Morgan fingerprint density at radius 2 is 2.15 bits per heavy atom. The van der Waals surface area contributed by atoms with E-state index in [9.17, 15) is 4.79 Å². The standard InChI is InChI=1S/C16H25N3O/c17-10-8-16(20)19(13-15-7-4-11-18-15)12-9-14-5-2-1-3-6-14/h1-3,5-6,15,18H,4,7-13,17H2/t15-/m0/s1. The number of nitrogens with zero attached hydrogens (tertiary/aromatic N) is 1. The van der Waals surface area contributed by atoms with Gasteiger partial charge in [0.05, 0.1) is 0 Å². The summed E-state index contributed by atoms with van der Waals surface area (Å²) in [5.41, 5.74) is 6.79. The summed E-state index contributed by atoms with van der Waals surface area (Å²) < 4.78 is 0. The minimum atomic E-state index is 0.178. The van der Waals surface area contributed by atoms with Gasteiger partial charge in [-0.25, -0.2) is 0 Å². The summed E-state index contributed by atoms with van der Waals surface area (Å²) in [6, 6.07) is 10.8. The van der Waals surface area contributed by atoms with Crippen molar-refractivity contribution >= 4 is 5.91 Å². The van der Waals surface area contributed by atoms with Crippen LogP contribution in [0.25, 0.3) is 0 Å². The Hall–Kier alpha value is -1.39. The smallest absolute Gasteiger partial charge is 0.223 e. The van der Waals surface area contributed by atoms with Crippen LogP contribution in [0.3, 0.4) is 0 Å². The number of hydrogen-bond acceptors (Lipinski definition) is 3. The quantitative estimate of drug-likeness (QED) is 0.785. The van der Waals surface area contributed by atoms with Crippen LogP contribution in [0, 0.1) is 0 Å². The number of carbonyl (C=O) groups is 1. The molecule has 1 aromatic carbocycles. The molecule has 4 heteroatoms. The summed E-state index contributed by atoms with van der Waals surface area (Å²) in [5, 5.41) is 3.46. The van der Waals surface area contributed by atoms with Crippen LogP contribution in [0.2, 0.25) is 0 Å². The van der Waals surface area contributed by atoms with Crippen LogP contribution in [0.5, 0.6) is 0 Å². The number of nitrogens with one attached hydrogen (secondary N) is 1. The first kappa shape index (κ1) is 15.0. The van der Waals surface area contributed by atoms with E-state index in [1.54, 1.807) is 0 Å². The highest BCUT2D eigenvalue weighted by molar-refractivity contribution is 5.76. The fourth-order valence-electron chi connectivity index (χ4n) is 2.69. The van der Waals surface area contributed by atoms with Gasteiger partial charge in [-0.15, -0.1) is 0 Å². The molecular weight excluding hydrogens is 250 g/mol. The zero-order valence-electron chi connectivity index (χ0n) is 12.1. The predicted octanol–water partition coefficient (Wildman–Crippen LogP) is 1.16. The van der Waals surface area contributed by atoms with E-state index in [0.717, 1.165) is 32.5 Å². The molecule has 1 aliphatic heterocycles. The summed E-state index contributed by atoms with van der Waals surface area (Å²) in [5.74, 6) is 0.178. The van der Waals surface area contributed by atoms with Crippen LogP contribution in [0.1, 0.15) is 24.8 Å². The van der Waals surface area contributed by atoms with Crippen molar-refractivity contribution in [1.82, 2.24) is 10.2 Å². The molecule has 0 saturated carbocycles. The number of amides is 1. The molecule has 1 aliphatic rings. The van der Waals surface area contributed by atoms with Crippen LogP contribution >= 0.6 is 0 Å². The topological polar surface area (TPSA) is 58.4 Å². The molecule has 0 aliphatic carbocycles. The van der Waals surface area contributed by atoms with Crippen LogP contribution in [0.4, 0.5) is 0 Å². The van der Waals surface area contributed by atoms with Crippen molar-refractivity contribution in [3.8, 4) is 0 Å². The fraction of sp³-hybridized carbons (Fsp3) is 0.562. The van der Waals surface area contributed by atoms with Gasteiger partial charge in [0.25, 0.3) is 0 Å². The first-order valence-corrected chi connectivity index (χ1v) is 7.54. The molecule has 1 amide bonds. The predicted molar refractivity (Wildman–Crippen MR) is 81.4 cm³/mol. The molecule has 3 N–H and O–H groups in total. The maximum Gasteiger partial charge on any atom is 0.223 e. The van der Waals surface area contributed by atoms with Crippen LogP contribution in [-0.4, -0.2) is 43.0 Å². The zero-order valence-corrected chi connectivity index (χ0v) is 12.1. The lowest BCUT2D eigenvalue weighted by Gasteiger charge is -2.26. The molecule has 0 aromatic heterocycles. The molecule has 1 atom stereocenters. The summed E-state index contributed by atoms with van der Waals surface area (Å²) in [6.45, 7) is 3.09. The molecule has 0 bridgehead atoms. The van der Waals surface area contributed by atoms with Gasteiger partial charge in [-0.2, -0.15) is 0 Å². The largest absolute Gasteiger partial charge is 0.341 e. The minimum absolute atomic E-state index is 0.178. The molecule has 20 heavy (non-hydrogen) atoms. The molecule has 0 unspecified atom stereocenters. The number of benzene rings is 1. The third kappa shape index (κ3) is 4.62. The van der Waals surface area contributed by atoms with Gasteiger partial charge >= 0.3 is 0 Å². The molecular formula is C16H25N3O. The molecule has 1 saturated heterocycles. The Bertz CT molecular complexity index is 401. The van der Waals surface area contributed by atoms with Crippen LogP contribution in [0.15, 0.2) is 30.3 Å². The van der Waals surface area contributed by atoms with Gasteiger partial charge in [0, 0.05) is 32.1 Å². The lowest BCUT2D eigenvalue weighted by Crippen LogP contribution is -2.42. The van der Waals surface area contributed by atoms with E-state index >= 15 is 0 Å². The Kier molecular flexibility index (Phi) is 6.02. The van der Waals surface area contributed by atoms with E-state index in [0.29, 0.717) is 19.0 Å². The van der Waals surface area contributed by atoms with E-state index in [2.05, 4.69) is 17.4 Å². The summed E-state index contributed by atoms with van der Waals surface area (Å²) in [7, 11) is 0. The molecule has 0 spiro atoms. The summed E-state index contributed by atoms with van der Waals surface area (Å²) >= 11 is 0. The van der Waals surface area contributed by atoms with Crippen molar-refractivity contribution in [3.63, 3.8) is 0 Å². The minimum Gasteiger partial charge on any atom is -0.341 e. The highest BCUT2D eigenvalue weighted by Crippen LogP contribution is 2.09. The maximum atomic E-state index is 12.2. The molecule has 1 heterocycles. The van der Waals surface area contributed by atoms with Crippen molar-refractivity contribution in [2.75, 3.05) is 26.2 Å². The van der Waals surface area contributed by atoms with Gasteiger partial charge in [-0.1, -0.05) is 30.3 Å². The van der Waals surface area contributed by atoms with Crippen molar-refractivity contribution in [2.45, 2.75) is 31.7 Å². The van der Waals surface area contributed by atoms with Crippen molar-refractivity contribution in [2.24, 2.45) is 5.73 Å². The third-order valence-corrected chi connectivity index (χ3v) is 3.83. The van der Waals surface area contributed by atoms with Crippen LogP contribution < -0.4 is 11.1 Å². The number of rotatable bonds is 7. The van der Waals surface area contributed by atoms with Gasteiger partial charge in [0.2, 0.25) is 5.91 Å². The maximum absolute atomic E-state index is 12.2. The number of carbonyl (C=O) groups excluding carboxylic acids is 1. The average molecular weight is 275 g/mol. The first-order chi connectivity index (χ1) is 9.79. The number of hydrogen-bond donors (Lipinski definition) is 2. The second-order valence-electron chi connectivity index (χ2n) is 5.41. The van der Waals surface area contributed by atoms with Gasteiger partial charge in [-0.05, 0) is 31.4 Å². The monoisotopic (exact) mass is 275 g/mol.